The molecule has 29 heavy (non-hydrogen) atoms. The van der Waals surface area contributed by atoms with Crippen LogP contribution in [-0.2, 0) is 0 Å². The van der Waals surface area contributed by atoms with Gasteiger partial charge in [0.2, 0.25) is 0 Å². The van der Waals surface area contributed by atoms with E-state index in [1.54, 1.807) is 17.4 Å². The van der Waals surface area contributed by atoms with Crippen LogP contribution in [-0.4, -0.2) is 35.6 Å². The van der Waals surface area contributed by atoms with Gasteiger partial charge in [-0.2, -0.15) is 0 Å². The standard InChI is InChI=1S/C23H27N3O2S/c1-16-5-7-18(8-6-16)21-14-19(25-28-21)23(27)24-15-20(22-4-3-13-29-22)26-11-9-17(2)10-12-26/h3-8,13-14,17,20H,9-12,15H2,1-2H3,(H,24,27). The third-order valence-corrected chi connectivity index (χ3v) is 6.64. The molecule has 5 nitrogen and oxygen atoms in total. The molecule has 1 aromatic carbocycles. The monoisotopic (exact) mass is 409 g/mol. The number of aromatic nitrogens is 1. The number of aryl methyl sites for hydroxylation is 1. The molecule has 1 atom stereocenters. The maximum absolute atomic E-state index is 12.7. The molecule has 1 N–H and O–H groups in total. The second-order valence-corrected chi connectivity index (χ2v) is 8.88. The van der Waals surface area contributed by atoms with Crippen molar-refractivity contribution in [3.63, 3.8) is 0 Å². The van der Waals surface area contributed by atoms with Gasteiger partial charge in [0, 0.05) is 23.1 Å². The molecular formula is C23H27N3O2S. The van der Waals surface area contributed by atoms with Gasteiger partial charge in [0.25, 0.3) is 5.91 Å². The molecule has 1 unspecified atom stereocenters. The smallest absolute Gasteiger partial charge is 0.273 e. The molecule has 1 saturated heterocycles. The summed E-state index contributed by atoms with van der Waals surface area (Å²) in [4.78, 5) is 16.5. The summed E-state index contributed by atoms with van der Waals surface area (Å²) in [6.45, 7) is 7.06. The summed E-state index contributed by atoms with van der Waals surface area (Å²) in [6, 6.07) is 14.1. The van der Waals surface area contributed by atoms with Crippen LogP contribution in [0.1, 0.15) is 46.7 Å². The van der Waals surface area contributed by atoms with Crippen molar-refractivity contribution >= 4 is 17.2 Å². The van der Waals surface area contributed by atoms with E-state index >= 15 is 0 Å². The average Bonchev–Trinajstić information content (AvgIpc) is 3.42. The van der Waals surface area contributed by atoms with Crippen molar-refractivity contribution in [3.8, 4) is 11.3 Å². The lowest BCUT2D eigenvalue weighted by Gasteiger charge is -2.36. The van der Waals surface area contributed by atoms with Gasteiger partial charge in [-0.15, -0.1) is 11.3 Å². The van der Waals surface area contributed by atoms with Crippen molar-refractivity contribution in [2.24, 2.45) is 5.92 Å². The molecule has 0 aliphatic carbocycles. The quantitative estimate of drug-likeness (QED) is 0.628. The van der Waals surface area contributed by atoms with Crippen molar-refractivity contribution in [2.45, 2.75) is 32.7 Å². The summed E-state index contributed by atoms with van der Waals surface area (Å²) in [7, 11) is 0. The summed E-state index contributed by atoms with van der Waals surface area (Å²) >= 11 is 1.75. The lowest BCUT2D eigenvalue weighted by molar-refractivity contribution is 0.0906. The van der Waals surface area contributed by atoms with E-state index in [0.29, 0.717) is 18.0 Å². The van der Waals surface area contributed by atoms with E-state index in [2.05, 4.69) is 39.8 Å². The number of carbonyl (C=O) groups excluding carboxylic acids is 1. The minimum atomic E-state index is -0.195. The molecule has 3 aromatic rings. The van der Waals surface area contributed by atoms with Gasteiger partial charge in [-0.05, 0) is 50.2 Å². The van der Waals surface area contributed by atoms with Crippen LogP contribution in [0.2, 0.25) is 0 Å². The van der Waals surface area contributed by atoms with Crippen molar-refractivity contribution in [2.75, 3.05) is 19.6 Å². The normalized spacial score (nSPS) is 16.6. The number of likely N-dealkylation sites (tertiary alicyclic amines) is 1. The Balaban J connectivity index is 1.42. The maximum atomic E-state index is 12.7. The Morgan fingerprint density at radius 1 is 1.28 bits per heavy atom. The third-order valence-electron chi connectivity index (χ3n) is 5.67. The number of rotatable bonds is 6. The van der Waals surface area contributed by atoms with E-state index in [0.717, 1.165) is 24.6 Å². The number of benzene rings is 1. The fraction of sp³-hybridized carbons (Fsp3) is 0.391. The molecule has 6 heteroatoms. The molecule has 0 bridgehead atoms. The predicted octanol–water partition coefficient (Wildman–Crippen LogP) is 4.91. The summed E-state index contributed by atoms with van der Waals surface area (Å²) in [5.41, 5.74) is 2.41. The van der Waals surface area contributed by atoms with Crippen LogP contribution in [0.15, 0.2) is 52.4 Å². The lowest BCUT2D eigenvalue weighted by atomic mass is 9.97. The van der Waals surface area contributed by atoms with Crippen LogP contribution in [0.4, 0.5) is 0 Å². The number of amides is 1. The second-order valence-electron chi connectivity index (χ2n) is 7.90. The van der Waals surface area contributed by atoms with E-state index in [1.807, 2.05) is 31.2 Å². The molecule has 0 spiro atoms. The molecule has 1 aliphatic rings. The Kier molecular flexibility index (Phi) is 6.11. The highest BCUT2D eigenvalue weighted by Gasteiger charge is 2.26. The van der Waals surface area contributed by atoms with E-state index in [4.69, 9.17) is 4.52 Å². The summed E-state index contributed by atoms with van der Waals surface area (Å²) in [6.07, 6.45) is 2.41. The molecule has 152 valence electrons. The minimum Gasteiger partial charge on any atom is -0.355 e. The molecule has 1 amide bonds. The zero-order valence-electron chi connectivity index (χ0n) is 16.9. The van der Waals surface area contributed by atoms with Crippen LogP contribution >= 0.6 is 11.3 Å². The molecule has 1 aliphatic heterocycles. The molecule has 3 heterocycles. The van der Waals surface area contributed by atoms with E-state index in [1.165, 1.54) is 23.3 Å². The molecule has 2 aromatic heterocycles. The summed E-state index contributed by atoms with van der Waals surface area (Å²) in [5.74, 6) is 1.19. The summed E-state index contributed by atoms with van der Waals surface area (Å²) < 4.78 is 5.40. The van der Waals surface area contributed by atoms with Gasteiger partial charge >= 0.3 is 0 Å². The van der Waals surface area contributed by atoms with Crippen molar-refractivity contribution in [1.29, 1.82) is 0 Å². The molecular weight excluding hydrogens is 382 g/mol. The Hall–Kier alpha value is -2.44. The Morgan fingerprint density at radius 3 is 2.72 bits per heavy atom. The first-order valence-corrected chi connectivity index (χ1v) is 11.1. The van der Waals surface area contributed by atoms with Crippen molar-refractivity contribution < 1.29 is 9.32 Å². The van der Waals surface area contributed by atoms with Crippen LogP contribution in [0, 0.1) is 12.8 Å². The van der Waals surface area contributed by atoms with Gasteiger partial charge in [0.05, 0.1) is 6.04 Å². The van der Waals surface area contributed by atoms with Crippen molar-refractivity contribution in [3.05, 3.63) is 64.0 Å². The predicted molar refractivity (Wildman–Crippen MR) is 116 cm³/mol. The van der Waals surface area contributed by atoms with Gasteiger partial charge in [0.15, 0.2) is 11.5 Å². The molecule has 1 fully saturated rings. The molecule has 0 radical (unpaired) electrons. The van der Waals surface area contributed by atoms with E-state index in [9.17, 15) is 4.79 Å². The highest BCUT2D eigenvalue weighted by Crippen LogP contribution is 2.29. The van der Waals surface area contributed by atoms with Gasteiger partial charge in [-0.25, -0.2) is 0 Å². The Labute approximate surface area is 175 Å². The van der Waals surface area contributed by atoms with Gasteiger partial charge in [0.1, 0.15) is 0 Å². The number of hydrogen-bond donors (Lipinski definition) is 1. The highest BCUT2D eigenvalue weighted by atomic mass is 32.1. The van der Waals surface area contributed by atoms with E-state index < -0.39 is 0 Å². The first kappa shape index (κ1) is 19.9. The van der Waals surface area contributed by atoms with Crippen LogP contribution < -0.4 is 5.32 Å². The Morgan fingerprint density at radius 2 is 2.03 bits per heavy atom. The Bertz CT molecular complexity index is 925. The van der Waals surface area contributed by atoms with Gasteiger partial charge < -0.3 is 9.84 Å². The molecule has 4 rings (SSSR count). The molecule has 0 saturated carbocycles. The number of hydrogen-bond acceptors (Lipinski definition) is 5. The zero-order valence-corrected chi connectivity index (χ0v) is 17.7. The zero-order chi connectivity index (χ0) is 20.2. The van der Waals surface area contributed by atoms with E-state index in [-0.39, 0.29) is 11.9 Å². The first-order valence-electron chi connectivity index (χ1n) is 10.2. The maximum Gasteiger partial charge on any atom is 0.273 e. The third kappa shape index (κ3) is 4.77. The van der Waals surface area contributed by atoms with Crippen LogP contribution in [0.3, 0.4) is 0 Å². The number of nitrogens with zero attached hydrogens (tertiary/aromatic N) is 2. The van der Waals surface area contributed by atoms with Crippen LogP contribution in [0.25, 0.3) is 11.3 Å². The van der Waals surface area contributed by atoms with Gasteiger partial charge in [-0.3, -0.25) is 9.69 Å². The van der Waals surface area contributed by atoms with Crippen LogP contribution in [0.5, 0.6) is 0 Å². The number of carbonyl (C=O) groups is 1. The average molecular weight is 410 g/mol. The van der Waals surface area contributed by atoms with Crippen molar-refractivity contribution in [1.82, 2.24) is 15.4 Å². The number of thiophene rings is 1. The topological polar surface area (TPSA) is 58.4 Å². The SMILES string of the molecule is Cc1ccc(-c2cc(C(=O)NCC(c3cccs3)N3CCC(C)CC3)no2)cc1. The highest BCUT2D eigenvalue weighted by molar-refractivity contribution is 7.10. The van der Waals surface area contributed by atoms with Gasteiger partial charge in [-0.1, -0.05) is 48.0 Å². The minimum absolute atomic E-state index is 0.195. The number of piperidine rings is 1. The first-order chi connectivity index (χ1) is 14.1. The number of nitrogens with one attached hydrogen (secondary N) is 1. The fourth-order valence-corrected chi connectivity index (χ4v) is 4.61. The second kappa shape index (κ2) is 8.93. The lowest BCUT2D eigenvalue weighted by Crippen LogP contribution is -2.41. The summed E-state index contributed by atoms with van der Waals surface area (Å²) in [5, 5.41) is 9.15. The largest absolute Gasteiger partial charge is 0.355 e. The fourth-order valence-electron chi connectivity index (χ4n) is 3.75.